The number of rotatable bonds is 9. The molecule has 0 bridgehead atoms. The minimum absolute atomic E-state index is 0.253. The maximum absolute atomic E-state index is 14.5. The van der Waals surface area contributed by atoms with E-state index in [1.54, 1.807) is 25.7 Å². The molecule has 0 spiro atoms. The lowest BCUT2D eigenvalue weighted by molar-refractivity contribution is -0.148. The van der Waals surface area contributed by atoms with Crippen molar-refractivity contribution in [3.05, 3.63) is 64.2 Å². The molecule has 7 nitrogen and oxygen atoms in total. The lowest BCUT2D eigenvalue weighted by Crippen LogP contribution is -2.60. The van der Waals surface area contributed by atoms with Crippen LogP contribution in [-0.2, 0) is 14.3 Å². The summed E-state index contributed by atoms with van der Waals surface area (Å²) in [4.78, 5) is 43.3. The Labute approximate surface area is 241 Å². The molecule has 40 heavy (non-hydrogen) atoms. The largest absolute Gasteiger partial charge is 0.444 e. The van der Waals surface area contributed by atoms with Crippen LogP contribution in [0.15, 0.2) is 36.4 Å². The first kappa shape index (κ1) is 32.9. The van der Waals surface area contributed by atoms with Crippen LogP contribution in [0.3, 0.4) is 0 Å². The summed E-state index contributed by atoms with van der Waals surface area (Å²) in [6.07, 6.45) is -0.0786. The highest BCUT2D eigenvalue weighted by Gasteiger charge is 2.44. The third kappa shape index (κ3) is 8.09. The Kier molecular flexibility index (Phi) is 10.6. The van der Waals surface area contributed by atoms with E-state index in [0.29, 0.717) is 12.0 Å². The van der Waals surface area contributed by atoms with Crippen molar-refractivity contribution in [2.24, 2.45) is 5.92 Å². The second kappa shape index (κ2) is 12.9. The highest BCUT2D eigenvalue weighted by molar-refractivity contribution is 6.00. The van der Waals surface area contributed by atoms with Crippen molar-refractivity contribution in [2.45, 2.75) is 113 Å². The topological polar surface area (TPSA) is 87.7 Å². The fourth-order valence-corrected chi connectivity index (χ4v) is 4.60. The zero-order chi connectivity index (χ0) is 30.6. The van der Waals surface area contributed by atoms with Gasteiger partial charge in [-0.3, -0.25) is 9.59 Å². The summed E-state index contributed by atoms with van der Waals surface area (Å²) in [6, 6.07) is 9.87. The average molecular weight is 552 g/mol. The Hall–Kier alpha value is -3.35. The number of hydrogen-bond acceptors (Lipinski definition) is 4. The van der Waals surface area contributed by atoms with E-state index in [0.717, 1.165) is 27.9 Å². The van der Waals surface area contributed by atoms with Gasteiger partial charge in [0.25, 0.3) is 5.91 Å². The first-order valence-corrected chi connectivity index (χ1v) is 14.2. The maximum Gasteiger partial charge on any atom is 0.408 e. The lowest BCUT2D eigenvalue weighted by atomic mass is 9.89. The van der Waals surface area contributed by atoms with Crippen LogP contribution in [0.4, 0.5) is 10.5 Å². The van der Waals surface area contributed by atoms with E-state index in [-0.39, 0.29) is 17.7 Å². The molecule has 220 valence electrons. The Balaban J connectivity index is 2.71. The van der Waals surface area contributed by atoms with Crippen molar-refractivity contribution >= 4 is 23.6 Å². The van der Waals surface area contributed by atoms with Crippen LogP contribution in [0.2, 0.25) is 0 Å². The van der Waals surface area contributed by atoms with Gasteiger partial charge in [-0.05, 0) is 102 Å². The highest BCUT2D eigenvalue weighted by Crippen LogP contribution is 2.35. The normalized spacial score (nSPS) is 13.4. The standard InChI is InChI=1S/C33H49N3O4/c1-13-33(11,12)36(30(38)26(20(2)3)35-31(39)40-32(8,9)10)28(25-18-17-21(4)24(7)19-25)29(37)34-27-22(5)15-14-16-23(27)6/h14-20,26,28H,13H2,1-12H3,(H,34,37)(H,35,39). The van der Waals surface area contributed by atoms with Gasteiger partial charge in [0, 0.05) is 11.2 Å². The van der Waals surface area contributed by atoms with E-state index in [1.807, 2.05) is 98.7 Å². The zero-order valence-electron chi connectivity index (χ0n) is 26.5. The molecule has 0 saturated heterocycles. The van der Waals surface area contributed by atoms with Gasteiger partial charge >= 0.3 is 6.09 Å². The van der Waals surface area contributed by atoms with Crippen molar-refractivity contribution < 1.29 is 19.1 Å². The number of hydrogen-bond donors (Lipinski definition) is 2. The summed E-state index contributed by atoms with van der Waals surface area (Å²) in [7, 11) is 0. The molecule has 3 amide bonds. The molecular weight excluding hydrogens is 502 g/mol. The molecule has 0 radical (unpaired) electrons. The van der Waals surface area contributed by atoms with Crippen molar-refractivity contribution in [3.63, 3.8) is 0 Å². The van der Waals surface area contributed by atoms with Gasteiger partial charge in [-0.15, -0.1) is 0 Å². The summed E-state index contributed by atoms with van der Waals surface area (Å²) >= 11 is 0. The third-order valence-corrected chi connectivity index (χ3v) is 7.44. The number of anilines is 1. The van der Waals surface area contributed by atoms with E-state index in [9.17, 15) is 14.4 Å². The smallest absolute Gasteiger partial charge is 0.408 e. The molecule has 0 aliphatic carbocycles. The molecule has 0 saturated carbocycles. The number of nitrogens with zero attached hydrogens (tertiary/aromatic N) is 1. The molecule has 2 unspecified atom stereocenters. The molecule has 0 aromatic heterocycles. The maximum atomic E-state index is 14.5. The first-order valence-electron chi connectivity index (χ1n) is 14.2. The van der Waals surface area contributed by atoms with E-state index >= 15 is 0 Å². The summed E-state index contributed by atoms with van der Waals surface area (Å²) in [5, 5.41) is 5.94. The third-order valence-electron chi connectivity index (χ3n) is 7.44. The molecule has 0 aliphatic rings. The second-order valence-corrected chi connectivity index (χ2v) is 12.7. The molecule has 2 atom stereocenters. The average Bonchev–Trinajstić information content (AvgIpc) is 2.83. The summed E-state index contributed by atoms with van der Waals surface area (Å²) in [5.74, 6) is -0.903. The van der Waals surface area contributed by atoms with E-state index < -0.39 is 29.3 Å². The van der Waals surface area contributed by atoms with Crippen LogP contribution >= 0.6 is 0 Å². The number of ether oxygens (including phenoxy) is 1. The Morgan fingerprint density at radius 2 is 1.45 bits per heavy atom. The van der Waals surface area contributed by atoms with Gasteiger partial charge in [-0.1, -0.05) is 57.2 Å². The van der Waals surface area contributed by atoms with Gasteiger partial charge in [-0.2, -0.15) is 0 Å². The number of nitrogens with one attached hydrogen (secondary N) is 2. The SMILES string of the molecule is CCC(C)(C)N(C(=O)C(NC(=O)OC(C)(C)C)C(C)C)C(C(=O)Nc1c(C)cccc1C)c1ccc(C)c(C)c1. The van der Waals surface area contributed by atoms with E-state index in [4.69, 9.17) is 4.74 Å². The van der Waals surface area contributed by atoms with Gasteiger partial charge in [0.1, 0.15) is 17.7 Å². The number of benzene rings is 2. The van der Waals surface area contributed by atoms with Crippen LogP contribution in [0, 0.1) is 33.6 Å². The Morgan fingerprint density at radius 1 is 0.875 bits per heavy atom. The summed E-state index contributed by atoms with van der Waals surface area (Å²) < 4.78 is 5.49. The van der Waals surface area contributed by atoms with E-state index in [1.165, 1.54) is 0 Å². The lowest BCUT2D eigenvalue weighted by Gasteiger charge is -2.45. The van der Waals surface area contributed by atoms with Crippen LogP contribution < -0.4 is 10.6 Å². The number of para-hydroxylation sites is 1. The van der Waals surface area contributed by atoms with E-state index in [2.05, 4.69) is 10.6 Å². The zero-order valence-corrected chi connectivity index (χ0v) is 26.5. The van der Waals surface area contributed by atoms with Crippen molar-refractivity contribution in [3.8, 4) is 0 Å². The fraction of sp³-hybridized carbons (Fsp3) is 0.545. The van der Waals surface area contributed by atoms with Crippen LogP contribution in [0.25, 0.3) is 0 Å². The number of aryl methyl sites for hydroxylation is 4. The molecular formula is C33H49N3O4. The molecule has 2 N–H and O–H groups in total. The monoisotopic (exact) mass is 551 g/mol. The Morgan fingerprint density at radius 3 is 1.93 bits per heavy atom. The van der Waals surface area contributed by atoms with Crippen LogP contribution in [0.5, 0.6) is 0 Å². The predicted octanol–water partition coefficient (Wildman–Crippen LogP) is 7.17. The molecule has 0 aliphatic heterocycles. The number of alkyl carbamates (subject to hydrolysis) is 1. The van der Waals surface area contributed by atoms with Gasteiger partial charge in [0.15, 0.2) is 0 Å². The molecule has 0 heterocycles. The summed E-state index contributed by atoms with van der Waals surface area (Å²) in [6.45, 7) is 22.9. The minimum Gasteiger partial charge on any atom is -0.444 e. The number of carbonyl (C=O) groups is 3. The van der Waals surface area contributed by atoms with Crippen molar-refractivity contribution in [1.82, 2.24) is 10.2 Å². The number of amides is 3. The predicted molar refractivity (Wildman–Crippen MR) is 162 cm³/mol. The van der Waals surface area contributed by atoms with Crippen molar-refractivity contribution in [1.29, 1.82) is 0 Å². The van der Waals surface area contributed by atoms with Gasteiger partial charge < -0.3 is 20.3 Å². The Bertz CT molecular complexity index is 1210. The van der Waals surface area contributed by atoms with Gasteiger partial charge in [0.05, 0.1) is 0 Å². The second-order valence-electron chi connectivity index (χ2n) is 12.7. The quantitative estimate of drug-likeness (QED) is 0.346. The highest BCUT2D eigenvalue weighted by atomic mass is 16.6. The molecule has 7 heteroatoms. The summed E-state index contributed by atoms with van der Waals surface area (Å²) in [5.41, 5.74) is 3.99. The molecule has 0 fully saturated rings. The van der Waals surface area contributed by atoms with Gasteiger partial charge in [-0.25, -0.2) is 4.79 Å². The fourth-order valence-electron chi connectivity index (χ4n) is 4.60. The van der Waals surface area contributed by atoms with Crippen LogP contribution in [0.1, 0.15) is 95.7 Å². The molecule has 2 aromatic carbocycles. The molecule has 2 rings (SSSR count). The van der Waals surface area contributed by atoms with Gasteiger partial charge in [0.2, 0.25) is 5.91 Å². The first-order chi connectivity index (χ1) is 18.4. The minimum atomic E-state index is -0.942. The van der Waals surface area contributed by atoms with Crippen LogP contribution in [-0.4, -0.2) is 40.0 Å². The number of carbonyl (C=O) groups excluding carboxylic acids is 3. The van der Waals surface area contributed by atoms with Crippen molar-refractivity contribution in [2.75, 3.05) is 5.32 Å². The molecule has 2 aromatic rings.